The SMILES string of the molecule is CCOc1ccc2c(C)c(C)c(=O)oc2c1I. The lowest BCUT2D eigenvalue weighted by atomic mass is 10.1. The molecule has 2 rings (SSSR count). The van der Waals surface area contributed by atoms with Gasteiger partial charge in [-0.1, -0.05) is 0 Å². The van der Waals surface area contributed by atoms with Gasteiger partial charge in [-0.2, -0.15) is 0 Å². The minimum atomic E-state index is -0.276. The molecule has 17 heavy (non-hydrogen) atoms. The predicted molar refractivity (Wildman–Crippen MR) is 75.8 cm³/mol. The van der Waals surface area contributed by atoms with E-state index in [9.17, 15) is 4.79 Å². The molecule has 0 bridgehead atoms. The molecule has 2 aromatic rings. The van der Waals surface area contributed by atoms with Gasteiger partial charge in [0.1, 0.15) is 5.75 Å². The number of fused-ring (bicyclic) bond motifs is 1. The van der Waals surface area contributed by atoms with Gasteiger partial charge < -0.3 is 9.15 Å². The van der Waals surface area contributed by atoms with E-state index in [4.69, 9.17) is 9.15 Å². The molecule has 1 aromatic heterocycles. The van der Waals surface area contributed by atoms with Gasteiger partial charge in [0.2, 0.25) is 0 Å². The lowest BCUT2D eigenvalue weighted by Gasteiger charge is -2.09. The molecule has 0 atom stereocenters. The van der Waals surface area contributed by atoms with Gasteiger partial charge in [-0.25, -0.2) is 4.79 Å². The summed E-state index contributed by atoms with van der Waals surface area (Å²) in [4.78, 5) is 11.7. The predicted octanol–water partition coefficient (Wildman–Crippen LogP) is 3.41. The maximum absolute atomic E-state index is 11.7. The van der Waals surface area contributed by atoms with Gasteiger partial charge in [0, 0.05) is 10.9 Å². The Bertz CT molecular complexity index is 629. The van der Waals surface area contributed by atoms with Crippen molar-refractivity contribution in [2.75, 3.05) is 6.61 Å². The Morgan fingerprint density at radius 3 is 2.65 bits per heavy atom. The Balaban J connectivity index is 2.83. The van der Waals surface area contributed by atoms with Gasteiger partial charge in [0.05, 0.1) is 10.2 Å². The highest BCUT2D eigenvalue weighted by Crippen LogP contribution is 2.30. The minimum absolute atomic E-state index is 0.276. The van der Waals surface area contributed by atoms with Crippen molar-refractivity contribution in [3.63, 3.8) is 0 Å². The second-order valence-corrected chi connectivity index (χ2v) is 4.91. The molecule has 0 spiro atoms. The zero-order valence-corrected chi connectivity index (χ0v) is 12.1. The van der Waals surface area contributed by atoms with Crippen LogP contribution in [0.3, 0.4) is 0 Å². The molecule has 0 unspecified atom stereocenters. The van der Waals surface area contributed by atoms with Gasteiger partial charge in [-0.05, 0) is 61.1 Å². The van der Waals surface area contributed by atoms with Crippen LogP contribution >= 0.6 is 22.6 Å². The molecule has 0 radical (unpaired) electrons. The molecule has 1 heterocycles. The van der Waals surface area contributed by atoms with E-state index in [0.717, 1.165) is 20.3 Å². The molecule has 4 heteroatoms. The number of ether oxygens (including phenoxy) is 1. The largest absolute Gasteiger partial charge is 0.493 e. The third-order valence-corrected chi connectivity index (χ3v) is 3.85. The first-order chi connectivity index (χ1) is 8.06. The Morgan fingerprint density at radius 1 is 1.29 bits per heavy atom. The van der Waals surface area contributed by atoms with Crippen molar-refractivity contribution < 1.29 is 9.15 Å². The van der Waals surface area contributed by atoms with Gasteiger partial charge >= 0.3 is 5.63 Å². The van der Waals surface area contributed by atoms with Crippen LogP contribution in [0, 0.1) is 17.4 Å². The van der Waals surface area contributed by atoms with E-state index in [1.165, 1.54) is 0 Å². The highest BCUT2D eigenvalue weighted by atomic mass is 127. The fourth-order valence-corrected chi connectivity index (χ4v) is 2.46. The monoisotopic (exact) mass is 344 g/mol. The second kappa shape index (κ2) is 4.68. The molecule has 0 N–H and O–H groups in total. The summed E-state index contributed by atoms with van der Waals surface area (Å²) < 4.78 is 11.7. The molecule has 3 nitrogen and oxygen atoms in total. The smallest absolute Gasteiger partial charge is 0.339 e. The fraction of sp³-hybridized carbons (Fsp3) is 0.308. The fourth-order valence-electron chi connectivity index (χ4n) is 1.72. The molecule has 90 valence electrons. The van der Waals surface area contributed by atoms with Crippen molar-refractivity contribution in [2.45, 2.75) is 20.8 Å². The van der Waals surface area contributed by atoms with Crippen molar-refractivity contribution in [3.8, 4) is 5.75 Å². The average Bonchev–Trinajstić information content (AvgIpc) is 2.31. The highest BCUT2D eigenvalue weighted by molar-refractivity contribution is 14.1. The van der Waals surface area contributed by atoms with E-state index in [1.807, 2.05) is 26.0 Å². The number of hydrogen-bond donors (Lipinski definition) is 0. The van der Waals surface area contributed by atoms with E-state index in [-0.39, 0.29) is 5.63 Å². The van der Waals surface area contributed by atoms with Gasteiger partial charge in [0.15, 0.2) is 5.58 Å². The summed E-state index contributed by atoms with van der Waals surface area (Å²) in [6, 6.07) is 3.85. The van der Waals surface area contributed by atoms with Crippen molar-refractivity contribution in [2.24, 2.45) is 0 Å². The molecule has 0 aliphatic carbocycles. The highest BCUT2D eigenvalue weighted by Gasteiger charge is 2.13. The summed E-state index contributed by atoms with van der Waals surface area (Å²) in [7, 11) is 0. The van der Waals surface area contributed by atoms with Crippen LogP contribution in [0.5, 0.6) is 5.75 Å². The zero-order chi connectivity index (χ0) is 12.6. The Kier molecular flexibility index (Phi) is 3.42. The molecule has 0 aliphatic heterocycles. The van der Waals surface area contributed by atoms with E-state index in [1.54, 1.807) is 6.92 Å². The van der Waals surface area contributed by atoms with Crippen LogP contribution in [0.4, 0.5) is 0 Å². The molecule has 0 aliphatic rings. The van der Waals surface area contributed by atoms with Gasteiger partial charge in [-0.15, -0.1) is 0 Å². The topological polar surface area (TPSA) is 39.4 Å². The molecule has 0 saturated heterocycles. The lowest BCUT2D eigenvalue weighted by molar-refractivity contribution is 0.337. The number of aryl methyl sites for hydroxylation is 1. The minimum Gasteiger partial charge on any atom is -0.493 e. The van der Waals surface area contributed by atoms with Crippen molar-refractivity contribution in [1.29, 1.82) is 0 Å². The number of hydrogen-bond acceptors (Lipinski definition) is 3. The van der Waals surface area contributed by atoms with Gasteiger partial charge in [0.25, 0.3) is 0 Å². The number of halogens is 1. The maximum Gasteiger partial charge on any atom is 0.339 e. The van der Waals surface area contributed by atoms with Crippen LogP contribution < -0.4 is 10.4 Å². The average molecular weight is 344 g/mol. The zero-order valence-electron chi connectivity index (χ0n) is 9.96. The summed E-state index contributed by atoms with van der Waals surface area (Å²) in [6.45, 7) is 6.24. The standard InChI is InChI=1S/C13H13IO3/c1-4-16-10-6-5-9-7(2)8(3)13(15)17-12(9)11(10)14/h5-6H,4H2,1-3H3. The number of rotatable bonds is 2. The van der Waals surface area contributed by atoms with E-state index in [0.29, 0.717) is 17.8 Å². The quantitative estimate of drug-likeness (QED) is 0.619. The summed E-state index contributed by atoms with van der Waals surface area (Å²) >= 11 is 2.15. The van der Waals surface area contributed by atoms with E-state index < -0.39 is 0 Å². The lowest BCUT2D eigenvalue weighted by Crippen LogP contribution is -2.06. The Hall–Kier alpha value is -1.04. The van der Waals surface area contributed by atoms with Gasteiger partial charge in [-0.3, -0.25) is 0 Å². The van der Waals surface area contributed by atoms with Crippen LogP contribution in [0.15, 0.2) is 21.3 Å². The Morgan fingerprint density at radius 2 is 2.00 bits per heavy atom. The second-order valence-electron chi connectivity index (χ2n) is 3.83. The van der Waals surface area contributed by atoms with Crippen LogP contribution in [-0.2, 0) is 0 Å². The van der Waals surface area contributed by atoms with Crippen LogP contribution in [0.1, 0.15) is 18.1 Å². The summed E-state index contributed by atoms with van der Waals surface area (Å²) in [5.74, 6) is 0.756. The van der Waals surface area contributed by atoms with E-state index >= 15 is 0 Å². The van der Waals surface area contributed by atoms with Crippen molar-refractivity contribution in [3.05, 3.63) is 37.2 Å². The number of benzene rings is 1. The first-order valence-electron chi connectivity index (χ1n) is 5.41. The molecular formula is C13H13IO3. The Labute approximate surface area is 113 Å². The molecule has 0 fully saturated rings. The third kappa shape index (κ3) is 2.06. The maximum atomic E-state index is 11.7. The molecular weight excluding hydrogens is 331 g/mol. The van der Waals surface area contributed by atoms with E-state index in [2.05, 4.69) is 22.6 Å². The third-order valence-electron chi connectivity index (χ3n) is 2.83. The first kappa shape index (κ1) is 12.4. The van der Waals surface area contributed by atoms with Crippen LogP contribution in [0.2, 0.25) is 0 Å². The summed E-state index contributed by atoms with van der Waals surface area (Å²) in [6.07, 6.45) is 0. The van der Waals surface area contributed by atoms with Crippen molar-refractivity contribution >= 4 is 33.6 Å². The normalized spacial score (nSPS) is 10.8. The first-order valence-corrected chi connectivity index (χ1v) is 6.49. The van der Waals surface area contributed by atoms with Crippen molar-refractivity contribution in [1.82, 2.24) is 0 Å². The summed E-state index contributed by atoms with van der Waals surface area (Å²) in [5.41, 5.74) is 1.97. The molecule has 1 aromatic carbocycles. The molecule has 0 saturated carbocycles. The van der Waals surface area contributed by atoms with Crippen LogP contribution in [-0.4, -0.2) is 6.61 Å². The molecule has 0 amide bonds. The summed E-state index contributed by atoms with van der Waals surface area (Å²) in [5, 5.41) is 0.968. The van der Waals surface area contributed by atoms with Crippen LogP contribution in [0.25, 0.3) is 11.0 Å².